The summed E-state index contributed by atoms with van der Waals surface area (Å²) in [5, 5.41) is 9.58. The molecule has 0 spiro atoms. The molecular weight excluding hydrogens is 475 g/mol. The maximum absolute atomic E-state index is 12.9. The molecule has 1 aliphatic rings. The highest BCUT2D eigenvalue weighted by atomic mass is 35.5. The third-order valence-electron chi connectivity index (χ3n) is 5.76. The van der Waals surface area contributed by atoms with E-state index in [1.807, 2.05) is 12.1 Å². The predicted octanol–water partition coefficient (Wildman–Crippen LogP) is 6.55. The molecule has 0 atom stereocenters. The first-order chi connectivity index (χ1) is 15.5. The Kier molecular flexibility index (Phi) is 5.67. The van der Waals surface area contributed by atoms with Gasteiger partial charge in [-0.2, -0.15) is 26.9 Å². The first kappa shape index (κ1) is 23.1. The maximum Gasteiger partial charge on any atom is 0.534 e. The van der Waals surface area contributed by atoms with Gasteiger partial charge in [-0.3, -0.25) is 0 Å². The van der Waals surface area contributed by atoms with Crippen LogP contribution in [0.1, 0.15) is 34.7 Å². The fourth-order valence-corrected chi connectivity index (χ4v) is 4.76. The molecule has 4 nitrogen and oxygen atoms in total. The minimum Gasteiger partial charge on any atom is -0.375 e. The molecule has 3 aromatic rings. The van der Waals surface area contributed by atoms with Crippen molar-refractivity contribution in [3.05, 3.63) is 75.3 Å². The molecule has 0 amide bonds. The van der Waals surface area contributed by atoms with E-state index in [0.29, 0.717) is 17.5 Å². The van der Waals surface area contributed by atoms with Crippen LogP contribution in [0.15, 0.2) is 42.5 Å². The maximum atomic E-state index is 12.9. The topological polar surface area (TPSA) is 67.2 Å². The molecule has 0 aromatic heterocycles. The molecule has 170 valence electrons. The number of hydrogen-bond acceptors (Lipinski definition) is 4. The summed E-state index contributed by atoms with van der Waals surface area (Å²) in [6.45, 7) is 3.49. The van der Waals surface area contributed by atoms with Gasteiger partial charge < -0.3 is 4.18 Å². The van der Waals surface area contributed by atoms with E-state index in [1.165, 1.54) is 12.5 Å². The van der Waals surface area contributed by atoms with Crippen LogP contribution < -0.4 is 4.18 Å². The van der Waals surface area contributed by atoms with Crippen molar-refractivity contribution in [2.75, 3.05) is 0 Å². The van der Waals surface area contributed by atoms with E-state index >= 15 is 0 Å². The van der Waals surface area contributed by atoms with E-state index in [-0.39, 0.29) is 16.1 Å². The quantitative estimate of drug-likeness (QED) is 0.240. The van der Waals surface area contributed by atoms with Gasteiger partial charge in [0, 0.05) is 5.56 Å². The minimum absolute atomic E-state index is 0.130. The fourth-order valence-electron chi connectivity index (χ4n) is 4.05. The molecule has 4 rings (SSSR count). The first-order valence-corrected chi connectivity index (χ1v) is 11.8. The van der Waals surface area contributed by atoms with Gasteiger partial charge in [0.1, 0.15) is 11.6 Å². The molecule has 0 saturated heterocycles. The Hall–Kier alpha value is -3.02. The zero-order valence-corrected chi connectivity index (χ0v) is 19.1. The largest absolute Gasteiger partial charge is 0.534 e. The molecule has 0 N–H and O–H groups in total. The molecule has 0 unspecified atom stereocenters. The molecular formula is C24H17ClF3NO3S. The van der Waals surface area contributed by atoms with Crippen molar-refractivity contribution < 1.29 is 25.8 Å². The highest BCUT2D eigenvalue weighted by molar-refractivity contribution is 7.88. The number of benzene rings is 3. The van der Waals surface area contributed by atoms with Gasteiger partial charge in [-0.05, 0) is 64.8 Å². The molecule has 0 aliphatic heterocycles. The van der Waals surface area contributed by atoms with Crippen LogP contribution >= 0.6 is 11.6 Å². The van der Waals surface area contributed by atoms with Crippen LogP contribution in [0.25, 0.3) is 22.3 Å². The Morgan fingerprint density at radius 1 is 1.09 bits per heavy atom. The van der Waals surface area contributed by atoms with E-state index < -0.39 is 21.4 Å². The molecule has 33 heavy (non-hydrogen) atoms. The average Bonchev–Trinajstić information content (AvgIpc) is 3.13. The summed E-state index contributed by atoms with van der Waals surface area (Å²) < 4.78 is 66.4. The van der Waals surface area contributed by atoms with Crippen LogP contribution in [-0.4, -0.2) is 13.9 Å². The number of rotatable bonds is 4. The van der Waals surface area contributed by atoms with Crippen molar-refractivity contribution in [1.82, 2.24) is 0 Å². The second kappa shape index (κ2) is 8.08. The van der Waals surface area contributed by atoms with Crippen molar-refractivity contribution >= 4 is 21.7 Å². The smallest absolute Gasteiger partial charge is 0.375 e. The molecule has 9 heteroatoms. The van der Waals surface area contributed by atoms with E-state index in [0.717, 1.165) is 34.7 Å². The van der Waals surface area contributed by atoms with Gasteiger partial charge in [0.05, 0.1) is 5.02 Å². The second-order valence-corrected chi connectivity index (χ2v) is 9.60. The van der Waals surface area contributed by atoms with Crippen molar-refractivity contribution in [3.63, 3.8) is 0 Å². The Morgan fingerprint density at radius 3 is 2.36 bits per heavy atom. The summed E-state index contributed by atoms with van der Waals surface area (Å²) in [7, 11) is -5.97. The monoisotopic (exact) mass is 491 g/mol. The van der Waals surface area contributed by atoms with E-state index in [1.54, 1.807) is 18.2 Å². The number of hydrogen-bond donors (Lipinski definition) is 0. The van der Waals surface area contributed by atoms with E-state index in [9.17, 15) is 26.9 Å². The number of nitrogens with zero attached hydrogens (tertiary/aromatic N) is 1. The Balaban J connectivity index is 1.92. The zero-order valence-electron chi connectivity index (χ0n) is 17.5. The minimum atomic E-state index is -5.97. The summed E-state index contributed by atoms with van der Waals surface area (Å²) in [6, 6.07) is 14.5. The van der Waals surface area contributed by atoms with Gasteiger partial charge in [0.2, 0.25) is 0 Å². The molecule has 0 saturated carbocycles. The van der Waals surface area contributed by atoms with Crippen LogP contribution in [0.4, 0.5) is 13.2 Å². The lowest BCUT2D eigenvalue weighted by atomic mass is 9.93. The summed E-state index contributed by atoms with van der Waals surface area (Å²) in [5.74, 6) is -0.715. The standard InChI is InChI=1S/C24H17ClF3NO3S/c1-3-14-7-8-15-10-19-16(18(15)9-14)5-4-6-17(19)20-11-22(21(12-29)13(2)23(20)25)32-33(30,31)24(26,27)28/h4-9,11H,3,10H2,1-2H3. The van der Waals surface area contributed by atoms with Gasteiger partial charge in [-0.1, -0.05) is 54.9 Å². The van der Waals surface area contributed by atoms with E-state index in [2.05, 4.69) is 23.2 Å². The zero-order chi connectivity index (χ0) is 24.1. The van der Waals surface area contributed by atoms with Crippen LogP contribution in [0.2, 0.25) is 5.02 Å². The van der Waals surface area contributed by atoms with Crippen molar-refractivity contribution in [2.24, 2.45) is 0 Å². The molecule has 0 fully saturated rings. The van der Waals surface area contributed by atoms with Crippen molar-refractivity contribution in [3.8, 4) is 34.1 Å². The van der Waals surface area contributed by atoms with Gasteiger partial charge in [0.15, 0.2) is 5.75 Å². The normalized spacial score (nSPS) is 12.8. The van der Waals surface area contributed by atoms with Crippen LogP contribution in [0.5, 0.6) is 5.75 Å². The highest BCUT2D eigenvalue weighted by Gasteiger charge is 2.49. The van der Waals surface area contributed by atoms with Crippen LogP contribution in [0.3, 0.4) is 0 Å². The number of fused-ring (bicyclic) bond motifs is 3. The highest BCUT2D eigenvalue weighted by Crippen LogP contribution is 2.46. The average molecular weight is 492 g/mol. The summed E-state index contributed by atoms with van der Waals surface area (Å²) in [4.78, 5) is 0. The van der Waals surface area contributed by atoms with Crippen LogP contribution in [-0.2, 0) is 23.0 Å². The summed E-state index contributed by atoms with van der Waals surface area (Å²) in [5.41, 5.74) is 0.279. The number of halogens is 4. The summed E-state index contributed by atoms with van der Waals surface area (Å²) >= 11 is 6.53. The number of aryl methyl sites for hydroxylation is 1. The van der Waals surface area contributed by atoms with Gasteiger partial charge >= 0.3 is 15.6 Å². The van der Waals surface area contributed by atoms with Crippen molar-refractivity contribution in [2.45, 2.75) is 32.2 Å². The molecule has 0 heterocycles. The lowest BCUT2D eigenvalue weighted by Crippen LogP contribution is -2.28. The number of nitriles is 1. The predicted molar refractivity (Wildman–Crippen MR) is 120 cm³/mol. The Bertz CT molecular complexity index is 1440. The van der Waals surface area contributed by atoms with Crippen LogP contribution in [0, 0.1) is 18.3 Å². The third kappa shape index (κ3) is 3.85. The SMILES string of the molecule is CCc1ccc2c(c1)-c1cccc(-c3cc(OS(=O)(=O)C(F)(F)F)c(C#N)c(C)c3Cl)c1C2. The summed E-state index contributed by atoms with van der Waals surface area (Å²) in [6.07, 6.45) is 1.45. The van der Waals surface area contributed by atoms with E-state index in [4.69, 9.17) is 11.6 Å². The Morgan fingerprint density at radius 2 is 1.76 bits per heavy atom. The third-order valence-corrected chi connectivity index (χ3v) is 7.22. The van der Waals surface area contributed by atoms with Gasteiger partial charge in [0.25, 0.3) is 0 Å². The number of alkyl halides is 3. The van der Waals surface area contributed by atoms with Crippen molar-refractivity contribution in [1.29, 1.82) is 5.26 Å². The molecule has 3 aromatic carbocycles. The Labute approximate surface area is 194 Å². The molecule has 1 aliphatic carbocycles. The van der Waals surface area contributed by atoms with Gasteiger partial charge in [-0.15, -0.1) is 0 Å². The first-order valence-electron chi connectivity index (χ1n) is 9.96. The molecule has 0 radical (unpaired) electrons. The fraction of sp³-hybridized carbons (Fsp3) is 0.208. The molecule has 0 bridgehead atoms. The van der Waals surface area contributed by atoms with Gasteiger partial charge in [-0.25, -0.2) is 0 Å². The second-order valence-electron chi connectivity index (χ2n) is 7.68. The lowest BCUT2D eigenvalue weighted by Gasteiger charge is -2.17. The lowest BCUT2D eigenvalue weighted by molar-refractivity contribution is -0.0500.